The molecule has 0 saturated carbocycles. The van der Waals surface area contributed by atoms with Gasteiger partial charge in [0.25, 0.3) is 0 Å². The molecule has 0 heterocycles. The van der Waals surface area contributed by atoms with Gasteiger partial charge < -0.3 is 15.4 Å². The summed E-state index contributed by atoms with van der Waals surface area (Å²) in [7, 11) is 1.66. The van der Waals surface area contributed by atoms with Crippen molar-refractivity contribution in [2.45, 2.75) is 26.3 Å². The van der Waals surface area contributed by atoms with Gasteiger partial charge in [-0.3, -0.25) is 4.79 Å². The molecule has 0 spiro atoms. The number of benzene rings is 1. The number of carbonyl (C=O) groups is 1. The Morgan fingerprint density at radius 1 is 1.35 bits per heavy atom. The van der Waals surface area contributed by atoms with Crippen molar-refractivity contribution in [3.05, 3.63) is 35.9 Å². The van der Waals surface area contributed by atoms with Crippen LogP contribution in [0.5, 0.6) is 0 Å². The van der Waals surface area contributed by atoms with Gasteiger partial charge in [0.15, 0.2) is 0 Å². The van der Waals surface area contributed by atoms with E-state index in [-0.39, 0.29) is 11.8 Å². The lowest BCUT2D eigenvalue weighted by molar-refractivity contribution is -0.136. The van der Waals surface area contributed by atoms with Crippen LogP contribution < -0.4 is 5.73 Å². The number of nitrogens with two attached hydrogens (primary N) is 1. The van der Waals surface area contributed by atoms with Crippen molar-refractivity contribution >= 4 is 5.91 Å². The zero-order valence-electron chi connectivity index (χ0n) is 12.5. The predicted molar refractivity (Wildman–Crippen MR) is 81.2 cm³/mol. The number of hydrogen-bond acceptors (Lipinski definition) is 3. The molecule has 0 fully saturated rings. The first kappa shape index (κ1) is 16.7. The molecule has 0 aromatic heterocycles. The molecule has 4 heteroatoms. The summed E-state index contributed by atoms with van der Waals surface area (Å²) in [6.45, 7) is 4.42. The highest BCUT2D eigenvalue weighted by molar-refractivity contribution is 5.78. The van der Waals surface area contributed by atoms with Crippen LogP contribution in [0.2, 0.25) is 0 Å². The molecule has 1 rings (SSSR count). The van der Waals surface area contributed by atoms with E-state index in [1.807, 2.05) is 42.2 Å². The van der Waals surface area contributed by atoms with E-state index in [0.717, 1.165) is 18.4 Å². The maximum Gasteiger partial charge on any atom is 0.225 e. The fraction of sp³-hybridized carbons (Fsp3) is 0.562. The second kappa shape index (κ2) is 9.50. The molecule has 0 aliphatic heterocycles. The van der Waals surface area contributed by atoms with E-state index in [2.05, 4.69) is 0 Å². The molecule has 1 unspecified atom stereocenters. The molecule has 1 aromatic rings. The van der Waals surface area contributed by atoms with Crippen molar-refractivity contribution in [2.75, 3.05) is 26.8 Å². The number of carbonyl (C=O) groups excluding carboxylic acids is 1. The second-order valence-corrected chi connectivity index (χ2v) is 5.07. The molecular weight excluding hydrogens is 252 g/mol. The molecule has 1 aromatic carbocycles. The lowest BCUT2D eigenvalue weighted by Gasteiger charge is -2.25. The van der Waals surface area contributed by atoms with Crippen LogP contribution in [0, 0.1) is 5.92 Å². The fourth-order valence-corrected chi connectivity index (χ4v) is 2.13. The molecule has 0 aliphatic carbocycles. The highest BCUT2D eigenvalue weighted by Gasteiger charge is 2.20. The van der Waals surface area contributed by atoms with Crippen LogP contribution in [-0.2, 0) is 16.1 Å². The number of nitrogens with zero attached hydrogens (tertiary/aromatic N) is 1. The lowest BCUT2D eigenvalue weighted by Crippen LogP contribution is -2.37. The van der Waals surface area contributed by atoms with Gasteiger partial charge in [-0.1, -0.05) is 37.3 Å². The number of methoxy groups -OCH3 is 1. The van der Waals surface area contributed by atoms with Crippen molar-refractivity contribution in [3.63, 3.8) is 0 Å². The second-order valence-electron chi connectivity index (χ2n) is 5.07. The molecule has 4 nitrogen and oxygen atoms in total. The van der Waals surface area contributed by atoms with Crippen LogP contribution in [-0.4, -0.2) is 37.6 Å². The van der Waals surface area contributed by atoms with Gasteiger partial charge in [-0.05, 0) is 24.9 Å². The lowest BCUT2D eigenvalue weighted by atomic mass is 10.0. The molecule has 1 atom stereocenters. The zero-order chi connectivity index (χ0) is 14.8. The Bertz CT molecular complexity index is 381. The van der Waals surface area contributed by atoms with E-state index in [0.29, 0.717) is 26.2 Å². The van der Waals surface area contributed by atoms with Crippen molar-refractivity contribution in [1.82, 2.24) is 4.90 Å². The molecule has 0 bridgehead atoms. The maximum absolute atomic E-state index is 12.5. The molecule has 20 heavy (non-hydrogen) atoms. The summed E-state index contributed by atoms with van der Waals surface area (Å²) in [5.41, 5.74) is 6.65. The smallest absolute Gasteiger partial charge is 0.225 e. The Balaban J connectivity index is 2.65. The van der Waals surface area contributed by atoms with Crippen LogP contribution in [0.15, 0.2) is 30.3 Å². The number of rotatable bonds is 9. The van der Waals surface area contributed by atoms with Gasteiger partial charge >= 0.3 is 0 Å². The average Bonchev–Trinajstić information content (AvgIpc) is 2.49. The van der Waals surface area contributed by atoms with Crippen molar-refractivity contribution in [2.24, 2.45) is 11.7 Å². The normalized spacial score (nSPS) is 12.2. The molecule has 0 saturated heterocycles. The maximum atomic E-state index is 12.5. The van der Waals surface area contributed by atoms with Gasteiger partial charge in [0, 0.05) is 26.1 Å². The first-order valence-corrected chi connectivity index (χ1v) is 7.20. The Morgan fingerprint density at radius 3 is 2.65 bits per heavy atom. The van der Waals surface area contributed by atoms with Gasteiger partial charge in [0.1, 0.15) is 0 Å². The summed E-state index contributed by atoms with van der Waals surface area (Å²) in [6, 6.07) is 10.0. The van der Waals surface area contributed by atoms with E-state index in [9.17, 15) is 4.79 Å². The van der Waals surface area contributed by atoms with Crippen LogP contribution in [0.4, 0.5) is 0 Å². The van der Waals surface area contributed by atoms with Crippen molar-refractivity contribution in [3.8, 4) is 0 Å². The summed E-state index contributed by atoms with van der Waals surface area (Å²) in [6.07, 6.45) is 1.73. The Morgan fingerprint density at radius 2 is 2.05 bits per heavy atom. The van der Waals surface area contributed by atoms with Crippen LogP contribution in [0.3, 0.4) is 0 Å². The van der Waals surface area contributed by atoms with Gasteiger partial charge in [-0.25, -0.2) is 0 Å². The van der Waals surface area contributed by atoms with Gasteiger partial charge in [-0.2, -0.15) is 0 Å². The topological polar surface area (TPSA) is 55.6 Å². The zero-order valence-corrected chi connectivity index (χ0v) is 12.5. The highest BCUT2D eigenvalue weighted by atomic mass is 16.5. The fourth-order valence-electron chi connectivity index (χ4n) is 2.13. The Kier molecular flexibility index (Phi) is 7.92. The van der Waals surface area contributed by atoms with Crippen molar-refractivity contribution < 1.29 is 9.53 Å². The van der Waals surface area contributed by atoms with E-state index in [1.165, 1.54) is 0 Å². The third-order valence-corrected chi connectivity index (χ3v) is 3.36. The van der Waals surface area contributed by atoms with Gasteiger partial charge in [0.05, 0.1) is 6.61 Å². The molecule has 1 amide bonds. The van der Waals surface area contributed by atoms with Crippen LogP contribution >= 0.6 is 0 Å². The van der Waals surface area contributed by atoms with Gasteiger partial charge in [0.2, 0.25) is 5.91 Å². The highest BCUT2D eigenvalue weighted by Crippen LogP contribution is 2.13. The summed E-state index contributed by atoms with van der Waals surface area (Å²) in [5, 5.41) is 0. The predicted octanol–water partition coefficient (Wildman–Crippen LogP) is 2.04. The van der Waals surface area contributed by atoms with Crippen LogP contribution in [0.25, 0.3) is 0 Å². The minimum atomic E-state index is 0.0131. The Hall–Kier alpha value is -1.39. The first-order valence-electron chi connectivity index (χ1n) is 7.20. The standard InChI is InChI=1S/C16H26N2O2/c1-14(7-6-10-17)16(19)18(11-12-20-2)13-15-8-4-3-5-9-15/h3-5,8-9,14H,6-7,10-13,17H2,1-2H3. The summed E-state index contributed by atoms with van der Waals surface area (Å²) < 4.78 is 5.11. The van der Waals surface area contributed by atoms with Crippen molar-refractivity contribution in [1.29, 1.82) is 0 Å². The molecule has 2 N–H and O–H groups in total. The van der Waals surface area contributed by atoms with E-state index < -0.39 is 0 Å². The quantitative estimate of drug-likeness (QED) is 0.752. The average molecular weight is 278 g/mol. The summed E-state index contributed by atoms with van der Waals surface area (Å²) >= 11 is 0. The molecule has 112 valence electrons. The third kappa shape index (κ3) is 5.72. The minimum Gasteiger partial charge on any atom is -0.383 e. The summed E-state index contributed by atoms with van der Waals surface area (Å²) in [5.74, 6) is 0.193. The van der Waals surface area contributed by atoms with Gasteiger partial charge in [-0.15, -0.1) is 0 Å². The Labute approximate surface area is 121 Å². The number of amides is 1. The van der Waals surface area contributed by atoms with E-state index >= 15 is 0 Å². The SMILES string of the molecule is COCCN(Cc1ccccc1)C(=O)C(C)CCCN. The molecule has 0 radical (unpaired) electrons. The third-order valence-electron chi connectivity index (χ3n) is 3.36. The molecular formula is C16H26N2O2. The monoisotopic (exact) mass is 278 g/mol. The largest absolute Gasteiger partial charge is 0.383 e. The molecule has 0 aliphatic rings. The minimum absolute atomic E-state index is 0.0131. The number of ether oxygens (including phenoxy) is 1. The first-order chi connectivity index (χ1) is 9.69. The number of hydrogen-bond donors (Lipinski definition) is 1. The van der Waals surface area contributed by atoms with E-state index in [1.54, 1.807) is 7.11 Å². The van der Waals surface area contributed by atoms with E-state index in [4.69, 9.17) is 10.5 Å². The van der Waals surface area contributed by atoms with Crippen LogP contribution in [0.1, 0.15) is 25.3 Å². The summed E-state index contributed by atoms with van der Waals surface area (Å²) in [4.78, 5) is 14.4.